The van der Waals surface area contributed by atoms with Gasteiger partial charge in [0.1, 0.15) is 19.3 Å². The Bertz CT molecular complexity index is 499. The third-order valence-electron chi connectivity index (χ3n) is 2.57. The predicted molar refractivity (Wildman–Crippen MR) is 74.4 cm³/mol. The third-order valence-corrected chi connectivity index (χ3v) is 4.49. The average Bonchev–Trinajstić information content (AvgIpc) is 3.00. The number of phosphoric ester groups is 1. The van der Waals surface area contributed by atoms with Gasteiger partial charge in [0.15, 0.2) is 0 Å². The minimum absolute atomic E-state index is 0.122. The second-order valence-electron chi connectivity index (χ2n) is 4.14. The molecule has 0 saturated carbocycles. The second kappa shape index (κ2) is 6.78. The van der Waals surface area contributed by atoms with Gasteiger partial charge in [-0.05, 0) is 0 Å². The number of alkyl halides is 1. The van der Waals surface area contributed by atoms with E-state index < -0.39 is 26.1 Å². The molecule has 1 radical (unpaired) electrons. The number of amides is 1. The molecule has 1 saturated heterocycles. The van der Waals surface area contributed by atoms with Crippen LogP contribution in [0, 0.1) is 0 Å². The van der Waals surface area contributed by atoms with Crippen molar-refractivity contribution in [1.29, 1.82) is 0 Å². The zero-order chi connectivity index (χ0) is 16.4. The Morgan fingerprint density at radius 3 is 2.82 bits per heavy atom. The summed E-state index contributed by atoms with van der Waals surface area (Å²) in [5.74, 6) is 1.63. The molecule has 0 aromatic carbocycles. The summed E-state index contributed by atoms with van der Waals surface area (Å²) in [7, 11) is -3.78. The number of carbonyl (C=O) groups is 1. The van der Waals surface area contributed by atoms with Gasteiger partial charge in [0.2, 0.25) is 0 Å². The fourth-order valence-corrected chi connectivity index (χ4v) is 2.80. The Morgan fingerprint density at radius 2 is 2.36 bits per heavy atom. The van der Waals surface area contributed by atoms with Crippen molar-refractivity contribution < 1.29 is 33.2 Å². The van der Waals surface area contributed by atoms with Gasteiger partial charge in [0.05, 0.1) is 10.4 Å². The molecule has 2 aliphatic heterocycles. The van der Waals surface area contributed by atoms with Gasteiger partial charge in [-0.1, -0.05) is 30.6 Å². The van der Waals surface area contributed by atoms with Crippen molar-refractivity contribution in [2.45, 2.75) is 12.0 Å². The van der Waals surface area contributed by atoms with Gasteiger partial charge in [-0.3, -0.25) is 4.79 Å². The third kappa shape index (κ3) is 3.76. The summed E-state index contributed by atoms with van der Waals surface area (Å²) in [5.41, 5.74) is 5.03. The summed E-state index contributed by atoms with van der Waals surface area (Å²) in [4.78, 5) is 26.1. The van der Waals surface area contributed by atoms with Gasteiger partial charge in [0, 0.05) is 0 Å². The second-order valence-corrected chi connectivity index (χ2v) is 6.32. The van der Waals surface area contributed by atoms with E-state index in [0.717, 1.165) is 11.3 Å². The van der Waals surface area contributed by atoms with Gasteiger partial charge in [0.25, 0.3) is 6.34 Å². The Labute approximate surface area is 133 Å². The Kier molecular flexibility index (Phi) is 5.42. The molecule has 0 aromatic rings. The highest BCUT2D eigenvalue weighted by molar-refractivity contribution is 9.09. The van der Waals surface area contributed by atoms with Crippen LogP contribution in [-0.2, 0) is 23.2 Å². The van der Waals surface area contributed by atoms with E-state index in [1.807, 2.05) is 0 Å². The fourth-order valence-electron chi connectivity index (χ4n) is 1.52. The largest absolute Gasteiger partial charge is 0.604 e. The first-order valence-corrected chi connectivity index (χ1v) is 8.36. The molecule has 0 unspecified atom stereocenters. The number of hydrogen-bond donors (Lipinski definition) is 3. The van der Waals surface area contributed by atoms with Crippen molar-refractivity contribution in [3.63, 3.8) is 0 Å². The quantitative estimate of drug-likeness (QED) is 0.179. The maximum atomic E-state index is 11.5. The first-order chi connectivity index (χ1) is 10.3. The van der Waals surface area contributed by atoms with E-state index in [4.69, 9.17) is 25.4 Å². The minimum atomic E-state index is -3.78. The molecule has 12 nitrogen and oxygen atoms in total. The summed E-state index contributed by atoms with van der Waals surface area (Å²) in [6.07, 6.45) is 0.265. The van der Waals surface area contributed by atoms with Crippen LogP contribution in [0.3, 0.4) is 0 Å². The smallest absolute Gasteiger partial charge is 0.403 e. The number of amidine groups is 1. The van der Waals surface area contributed by atoms with Crippen molar-refractivity contribution >= 4 is 42.2 Å². The number of aliphatic imine (C=N–C) groups is 1. The van der Waals surface area contributed by atoms with E-state index in [1.54, 1.807) is 0 Å². The van der Waals surface area contributed by atoms with E-state index in [2.05, 4.69) is 30.6 Å². The van der Waals surface area contributed by atoms with Crippen LogP contribution in [0.4, 0.5) is 0 Å². The van der Waals surface area contributed by atoms with Gasteiger partial charge in [-0.15, -0.1) is 0 Å². The minimum Gasteiger partial charge on any atom is -0.604 e. The zero-order valence-corrected chi connectivity index (χ0v) is 13.5. The van der Waals surface area contributed by atoms with Crippen molar-refractivity contribution in [3.8, 4) is 0 Å². The SMILES string of the molecule is NO[P+]1([O-])OCC(O[C@@](O)(CBr)N2C=[N+]C(C(N)=O)=N2)CO1. The molecule has 123 valence electrons. The number of nitrogens with zero attached hydrogens (tertiary/aromatic N) is 3. The molecule has 0 bridgehead atoms. The predicted octanol–water partition coefficient (Wildman–Crippen LogP) is -3.13. The summed E-state index contributed by atoms with van der Waals surface area (Å²) >= 11 is 3.06. The van der Waals surface area contributed by atoms with Crippen LogP contribution >= 0.6 is 24.1 Å². The summed E-state index contributed by atoms with van der Waals surface area (Å²) in [6, 6.07) is 0. The molecule has 22 heavy (non-hydrogen) atoms. The molecule has 2 rings (SSSR count). The van der Waals surface area contributed by atoms with Crippen LogP contribution in [0.2, 0.25) is 0 Å². The van der Waals surface area contributed by atoms with Gasteiger partial charge >= 0.3 is 25.8 Å². The topological polar surface area (TPSA) is 179 Å². The Hall–Kier alpha value is -0.760. The van der Waals surface area contributed by atoms with Crippen molar-refractivity contribution in [2.24, 2.45) is 16.7 Å². The lowest BCUT2D eigenvalue weighted by molar-refractivity contribution is -0.306. The van der Waals surface area contributed by atoms with Gasteiger partial charge in [-0.25, -0.2) is 0 Å². The number of aliphatic hydroxyl groups is 1. The number of halogens is 1. The lowest BCUT2D eigenvalue weighted by Gasteiger charge is -2.34. The molecule has 5 N–H and O–H groups in total. The molecule has 2 heterocycles. The number of hydrogen-bond acceptors (Lipinski definition) is 11. The van der Waals surface area contributed by atoms with Gasteiger partial charge < -0.3 is 20.5 Å². The molecule has 0 aliphatic carbocycles. The van der Waals surface area contributed by atoms with Crippen LogP contribution < -0.4 is 21.5 Å². The number of carbonyl (C=O) groups excluding carboxylic acids is 1. The Balaban J connectivity index is 2.01. The Morgan fingerprint density at radius 1 is 1.73 bits per heavy atom. The van der Waals surface area contributed by atoms with Crippen LogP contribution in [0.15, 0.2) is 5.10 Å². The maximum absolute atomic E-state index is 11.5. The number of nitrogens with two attached hydrogens (primary N) is 2. The lowest BCUT2D eigenvalue weighted by atomic mass is 10.4. The lowest BCUT2D eigenvalue weighted by Crippen LogP contribution is -2.53. The van der Waals surface area contributed by atoms with Crippen LogP contribution in [0.5, 0.6) is 0 Å². The molecule has 2 aliphatic rings. The molecule has 1 amide bonds. The standard InChI is InChI=1S/C8H13BrN5O7P/c9-3-8(16,14-4-12-7(13-14)6(10)15)20-5-1-18-22(17,21-11)19-2-5/h4-5,16H,1-3,11H2,(H2,10,15)/q+1/t5?,8-,22?/m0/s1. The highest BCUT2D eigenvalue weighted by Crippen LogP contribution is 2.54. The van der Waals surface area contributed by atoms with Crippen molar-refractivity contribution in [3.05, 3.63) is 0 Å². The molecule has 0 spiro atoms. The van der Waals surface area contributed by atoms with Crippen LogP contribution in [0.1, 0.15) is 0 Å². The van der Waals surface area contributed by atoms with E-state index in [9.17, 15) is 14.8 Å². The number of hydrazone groups is 1. The normalized spacial score (nSPS) is 31.0. The van der Waals surface area contributed by atoms with Gasteiger partial charge in [-0.2, -0.15) is 14.9 Å². The van der Waals surface area contributed by atoms with Crippen molar-refractivity contribution in [1.82, 2.24) is 10.0 Å². The molecule has 1 fully saturated rings. The summed E-state index contributed by atoms with van der Waals surface area (Å²) in [5, 5.41) is 14.9. The highest BCUT2D eigenvalue weighted by Gasteiger charge is 2.49. The van der Waals surface area contributed by atoms with E-state index >= 15 is 0 Å². The highest BCUT2D eigenvalue weighted by atomic mass is 79.9. The fraction of sp³-hybridized carbons (Fsp3) is 0.625. The number of ether oxygens (including phenoxy) is 1. The molecule has 14 heteroatoms. The summed E-state index contributed by atoms with van der Waals surface area (Å²) < 4.78 is 19.1. The van der Waals surface area contributed by atoms with E-state index in [0.29, 0.717) is 0 Å². The van der Waals surface area contributed by atoms with Crippen LogP contribution in [-0.4, -0.2) is 58.8 Å². The molecule has 1 atom stereocenters. The van der Waals surface area contributed by atoms with Crippen molar-refractivity contribution in [2.75, 3.05) is 18.5 Å². The average molecular weight is 402 g/mol. The number of primary amides is 1. The first kappa shape index (κ1) is 17.6. The molecular weight excluding hydrogens is 389 g/mol. The van der Waals surface area contributed by atoms with E-state index in [-0.39, 0.29) is 24.4 Å². The molecule has 0 aromatic heterocycles. The molecular formula is C8H13BrN5O7P+. The first-order valence-electron chi connectivity index (χ1n) is 5.77. The zero-order valence-electron chi connectivity index (χ0n) is 11.0. The number of phosphoric acid groups is 1. The van der Waals surface area contributed by atoms with Crippen LogP contribution in [0.25, 0.3) is 0 Å². The number of rotatable bonds is 6. The summed E-state index contributed by atoms with van der Waals surface area (Å²) in [6.45, 7) is -0.414. The van der Waals surface area contributed by atoms with E-state index in [1.165, 1.54) is 0 Å². The monoisotopic (exact) mass is 401 g/mol. The maximum Gasteiger partial charge on any atom is 0.403 e.